The van der Waals surface area contributed by atoms with Gasteiger partial charge in [-0.2, -0.15) is 0 Å². The van der Waals surface area contributed by atoms with Crippen molar-refractivity contribution in [3.8, 4) is 11.5 Å². The van der Waals surface area contributed by atoms with Gasteiger partial charge in [0.15, 0.2) is 11.5 Å². The van der Waals surface area contributed by atoms with Gasteiger partial charge >= 0.3 is 0 Å². The maximum Gasteiger partial charge on any atom is 0.153 e. The largest absolute Gasteiger partial charge is 0.453 e. The molecule has 0 saturated heterocycles. The summed E-state index contributed by atoms with van der Waals surface area (Å²) in [4.78, 5) is 4.13. The van der Waals surface area contributed by atoms with E-state index in [1.165, 1.54) is 0 Å². The van der Waals surface area contributed by atoms with E-state index in [-0.39, 0.29) is 0 Å². The van der Waals surface area contributed by atoms with Gasteiger partial charge in [-0.05, 0) is 24.3 Å². The molecule has 4 nitrogen and oxygen atoms in total. The third kappa shape index (κ3) is 2.13. The van der Waals surface area contributed by atoms with Gasteiger partial charge in [0.1, 0.15) is 0 Å². The van der Waals surface area contributed by atoms with Gasteiger partial charge in [0.05, 0.1) is 11.4 Å². The predicted molar refractivity (Wildman–Crippen MR) is 84.9 cm³/mol. The second-order valence-corrected chi connectivity index (χ2v) is 5.38. The standard InChI is InChI=1S/C16H19N3O/c1-18(2)11-5-7-13-15(9-11)20-16-10-12(19(3)4)6-8-14(16)17-13/h5-10,17H,1-4H3. The average Bonchev–Trinajstić information content (AvgIpc) is 2.43. The van der Waals surface area contributed by atoms with E-state index in [4.69, 9.17) is 4.74 Å². The first-order chi connectivity index (χ1) is 9.54. The van der Waals surface area contributed by atoms with E-state index < -0.39 is 0 Å². The summed E-state index contributed by atoms with van der Waals surface area (Å²) >= 11 is 0. The Morgan fingerprint density at radius 1 is 0.750 bits per heavy atom. The van der Waals surface area contributed by atoms with Gasteiger partial charge in [-0.1, -0.05) is 0 Å². The lowest BCUT2D eigenvalue weighted by molar-refractivity contribution is 0.481. The third-order valence-corrected chi connectivity index (χ3v) is 3.45. The number of rotatable bonds is 2. The molecule has 20 heavy (non-hydrogen) atoms. The lowest BCUT2D eigenvalue weighted by Gasteiger charge is -2.25. The van der Waals surface area contributed by atoms with Crippen molar-refractivity contribution in [2.45, 2.75) is 0 Å². The number of benzene rings is 2. The summed E-state index contributed by atoms with van der Waals surface area (Å²) in [6, 6.07) is 12.4. The van der Waals surface area contributed by atoms with Crippen LogP contribution in [0.4, 0.5) is 22.7 Å². The summed E-state index contributed by atoms with van der Waals surface area (Å²) in [5.41, 5.74) is 4.25. The van der Waals surface area contributed by atoms with Crippen LogP contribution in [0, 0.1) is 0 Å². The van der Waals surface area contributed by atoms with Gasteiger partial charge in [-0.15, -0.1) is 0 Å². The minimum Gasteiger partial charge on any atom is -0.453 e. The Kier molecular flexibility index (Phi) is 2.93. The lowest BCUT2D eigenvalue weighted by Crippen LogP contribution is -2.11. The summed E-state index contributed by atoms with van der Waals surface area (Å²) in [5.74, 6) is 1.72. The van der Waals surface area contributed by atoms with Crippen LogP contribution < -0.4 is 19.9 Å². The van der Waals surface area contributed by atoms with Crippen LogP contribution in [0.2, 0.25) is 0 Å². The number of nitrogens with one attached hydrogen (secondary N) is 1. The highest BCUT2D eigenvalue weighted by Crippen LogP contribution is 2.44. The summed E-state index contributed by atoms with van der Waals surface area (Å²) in [6.07, 6.45) is 0. The number of hydrogen-bond donors (Lipinski definition) is 1. The maximum absolute atomic E-state index is 6.04. The van der Waals surface area contributed by atoms with Crippen LogP contribution in [0.25, 0.3) is 0 Å². The zero-order valence-corrected chi connectivity index (χ0v) is 12.3. The van der Waals surface area contributed by atoms with Crippen molar-refractivity contribution in [1.82, 2.24) is 0 Å². The van der Waals surface area contributed by atoms with Crippen LogP contribution in [0.1, 0.15) is 0 Å². The summed E-state index contributed by atoms with van der Waals surface area (Å²) in [5, 5.41) is 3.41. The van der Waals surface area contributed by atoms with Crippen LogP contribution in [0.3, 0.4) is 0 Å². The minimum absolute atomic E-state index is 0.861. The molecule has 2 aromatic carbocycles. The Balaban J connectivity index is 1.99. The van der Waals surface area contributed by atoms with Crippen molar-refractivity contribution in [2.24, 2.45) is 0 Å². The zero-order valence-electron chi connectivity index (χ0n) is 12.3. The van der Waals surface area contributed by atoms with E-state index in [0.29, 0.717) is 0 Å². The van der Waals surface area contributed by atoms with E-state index in [1.807, 2.05) is 52.5 Å². The van der Waals surface area contributed by atoms with Crippen molar-refractivity contribution in [3.05, 3.63) is 36.4 Å². The Hall–Kier alpha value is -2.36. The molecule has 0 aliphatic carbocycles. The van der Waals surface area contributed by atoms with Crippen molar-refractivity contribution < 1.29 is 4.74 Å². The molecule has 1 aliphatic rings. The predicted octanol–water partition coefficient (Wildman–Crippen LogP) is 3.67. The normalized spacial score (nSPS) is 11.8. The van der Waals surface area contributed by atoms with Crippen LogP contribution >= 0.6 is 0 Å². The molecular formula is C16H19N3O. The smallest absolute Gasteiger partial charge is 0.153 e. The molecule has 1 N–H and O–H groups in total. The number of hydrogen-bond acceptors (Lipinski definition) is 4. The number of anilines is 4. The number of ether oxygens (including phenoxy) is 1. The van der Waals surface area contributed by atoms with Gasteiger partial charge in [0.2, 0.25) is 0 Å². The second-order valence-electron chi connectivity index (χ2n) is 5.38. The lowest BCUT2D eigenvalue weighted by atomic mass is 10.1. The van der Waals surface area contributed by atoms with Gasteiger partial charge in [-0.3, -0.25) is 0 Å². The molecule has 3 rings (SSSR count). The van der Waals surface area contributed by atoms with Gasteiger partial charge < -0.3 is 19.9 Å². The number of fused-ring (bicyclic) bond motifs is 2. The molecule has 0 spiro atoms. The zero-order chi connectivity index (χ0) is 14.3. The molecule has 0 aromatic heterocycles. The molecule has 0 unspecified atom stereocenters. The molecule has 0 atom stereocenters. The summed E-state index contributed by atoms with van der Waals surface area (Å²) < 4.78 is 6.04. The van der Waals surface area contributed by atoms with Gasteiger partial charge in [-0.25, -0.2) is 0 Å². The number of nitrogens with zero attached hydrogens (tertiary/aromatic N) is 2. The Labute approximate surface area is 119 Å². The van der Waals surface area contributed by atoms with Crippen LogP contribution in [-0.2, 0) is 0 Å². The molecule has 0 amide bonds. The Bertz CT molecular complexity index is 595. The summed E-state index contributed by atoms with van der Waals surface area (Å²) in [6.45, 7) is 0. The fourth-order valence-electron chi connectivity index (χ4n) is 2.22. The Morgan fingerprint density at radius 3 is 1.60 bits per heavy atom. The molecule has 1 aliphatic heterocycles. The molecule has 0 bridgehead atoms. The van der Waals surface area contributed by atoms with Crippen LogP contribution in [0.5, 0.6) is 11.5 Å². The second kappa shape index (κ2) is 4.63. The maximum atomic E-state index is 6.04. The highest BCUT2D eigenvalue weighted by atomic mass is 16.5. The molecule has 104 valence electrons. The molecule has 1 heterocycles. The fraction of sp³-hybridized carbons (Fsp3) is 0.250. The first kappa shape index (κ1) is 12.7. The van der Waals surface area contributed by atoms with Crippen LogP contribution in [0.15, 0.2) is 36.4 Å². The quantitative estimate of drug-likeness (QED) is 0.768. The third-order valence-electron chi connectivity index (χ3n) is 3.45. The van der Waals surface area contributed by atoms with Crippen molar-refractivity contribution in [3.63, 3.8) is 0 Å². The van der Waals surface area contributed by atoms with Crippen molar-refractivity contribution in [2.75, 3.05) is 43.3 Å². The van der Waals surface area contributed by atoms with Crippen molar-refractivity contribution in [1.29, 1.82) is 0 Å². The van der Waals surface area contributed by atoms with Gasteiger partial charge in [0, 0.05) is 51.7 Å². The van der Waals surface area contributed by atoms with E-state index in [0.717, 1.165) is 34.2 Å². The first-order valence-electron chi connectivity index (χ1n) is 6.62. The van der Waals surface area contributed by atoms with E-state index >= 15 is 0 Å². The highest BCUT2D eigenvalue weighted by Gasteiger charge is 2.17. The van der Waals surface area contributed by atoms with E-state index in [2.05, 4.69) is 27.2 Å². The Morgan fingerprint density at radius 2 is 1.20 bits per heavy atom. The molecular weight excluding hydrogens is 250 g/mol. The van der Waals surface area contributed by atoms with Gasteiger partial charge in [0.25, 0.3) is 0 Å². The molecule has 0 fully saturated rings. The monoisotopic (exact) mass is 269 g/mol. The molecule has 4 heteroatoms. The van der Waals surface area contributed by atoms with E-state index in [9.17, 15) is 0 Å². The topological polar surface area (TPSA) is 27.7 Å². The SMILES string of the molecule is CN(C)c1ccc2c(c1)Oc1cc(N(C)C)ccc1N2. The molecule has 0 radical (unpaired) electrons. The van der Waals surface area contributed by atoms with E-state index in [1.54, 1.807) is 0 Å². The first-order valence-corrected chi connectivity index (χ1v) is 6.62. The minimum atomic E-state index is 0.861. The molecule has 2 aromatic rings. The van der Waals surface area contributed by atoms with Crippen LogP contribution in [-0.4, -0.2) is 28.2 Å². The fourth-order valence-corrected chi connectivity index (χ4v) is 2.22. The average molecular weight is 269 g/mol. The summed E-state index contributed by atoms with van der Waals surface area (Å²) in [7, 11) is 8.10. The highest BCUT2D eigenvalue weighted by molar-refractivity contribution is 5.79. The molecule has 0 saturated carbocycles. The van der Waals surface area contributed by atoms with Crippen molar-refractivity contribution >= 4 is 22.7 Å².